The number of hydrogen-bond acceptors (Lipinski definition) is 5. The Hall–Kier alpha value is -8.55. The molecule has 5 heterocycles. The predicted octanol–water partition coefficient (Wildman–Crippen LogP) is 14.4. The highest BCUT2D eigenvalue weighted by atomic mass is 16.3. The molecule has 0 amide bonds. The summed E-state index contributed by atoms with van der Waals surface area (Å²) in [6.07, 6.45) is 0. The van der Waals surface area contributed by atoms with E-state index in [-0.39, 0.29) is 0 Å². The van der Waals surface area contributed by atoms with Gasteiger partial charge in [0.05, 0.1) is 22.1 Å². The van der Waals surface area contributed by atoms with E-state index >= 15 is 0 Å². The fraction of sp³-hybridized carbons (Fsp3) is 0. The van der Waals surface area contributed by atoms with E-state index in [2.05, 4.69) is 161 Å². The summed E-state index contributed by atoms with van der Waals surface area (Å²) in [5.41, 5.74) is 9.79. The maximum Gasteiger partial charge on any atom is 0.238 e. The molecule has 9 aromatic carbocycles. The lowest BCUT2D eigenvalue weighted by Crippen LogP contribution is -2.08. The van der Waals surface area contributed by atoms with Crippen molar-refractivity contribution < 1.29 is 8.83 Å². The van der Waals surface area contributed by atoms with Crippen LogP contribution in [0.5, 0.6) is 0 Å². The number of fused-ring (bicyclic) bond motifs is 13. The van der Waals surface area contributed by atoms with E-state index in [4.69, 9.17) is 23.8 Å². The Morgan fingerprint density at radius 1 is 0.339 bits per heavy atom. The van der Waals surface area contributed by atoms with Crippen molar-refractivity contribution in [2.75, 3.05) is 0 Å². The summed E-state index contributed by atoms with van der Waals surface area (Å²) in [7, 11) is 0. The first kappa shape index (κ1) is 33.3. The van der Waals surface area contributed by atoms with Gasteiger partial charge in [0, 0.05) is 54.2 Å². The van der Waals surface area contributed by atoms with Crippen LogP contribution in [-0.4, -0.2) is 24.1 Å². The molecule has 62 heavy (non-hydrogen) atoms. The fourth-order valence-electron chi connectivity index (χ4n) is 9.79. The van der Waals surface area contributed by atoms with Crippen LogP contribution in [0.3, 0.4) is 0 Å². The van der Waals surface area contributed by atoms with E-state index in [1.807, 2.05) is 36.4 Å². The zero-order valence-corrected chi connectivity index (χ0v) is 33.0. The van der Waals surface area contributed by atoms with Crippen LogP contribution in [0.2, 0.25) is 0 Å². The molecule has 288 valence electrons. The summed E-state index contributed by atoms with van der Waals surface area (Å²) < 4.78 is 17.9. The summed E-state index contributed by atoms with van der Waals surface area (Å²) in [4.78, 5) is 16.2. The van der Waals surface area contributed by atoms with Crippen molar-refractivity contribution >= 4 is 98.3 Å². The maximum absolute atomic E-state index is 6.95. The lowest BCUT2D eigenvalue weighted by Gasteiger charge is -2.16. The van der Waals surface area contributed by atoms with Gasteiger partial charge in [0.25, 0.3) is 0 Å². The largest absolute Gasteiger partial charge is 0.456 e. The third-order valence-electron chi connectivity index (χ3n) is 12.6. The van der Waals surface area contributed by atoms with E-state index in [0.717, 1.165) is 110 Å². The Morgan fingerprint density at radius 3 is 1.60 bits per heavy atom. The molecule has 5 aromatic heterocycles. The average molecular weight is 794 g/mol. The van der Waals surface area contributed by atoms with Crippen molar-refractivity contribution in [3.63, 3.8) is 0 Å². The molecular formula is C55H31N5O2. The molecule has 0 N–H and O–H groups in total. The van der Waals surface area contributed by atoms with Crippen molar-refractivity contribution in [3.8, 4) is 34.4 Å². The first-order valence-corrected chi connectivity index (χ1v) is 20.8. The average Bonchev–Trinajstić information content (AvgIpc) is 4.08. The second-order valence-electron chi connectivity index (χ2n) is 16.0. The number of furan rings is 2. The molecule has 7 nitrogen and oxygen atoms in total. The molecule has 0 aliphatic carbocycles. The zero-order valence-electron chi connectivity index (χ0n) is 33.0. The Labute approximate surface area is 352 Å². The molecule has 0 spiro atoms. The van der Waals surface area contributed by atoms with Crippen LogP contribution in [-0.2, 0) is 0 Å². The van der Waals surface area contributed by atoms with E-state index in [9.17, 15) is 0 Å². The number of benzene rings is 9. The molecule has 14 aromatic rings. The standard InChI is InChI=1S/C55H31N5O2/c1-2-14-33-30-47-43(29-32(33)13-1)37-17-5-8-20-44(37)59(47)51-42(28-27-41-39-19-7-12-24-49(39)62-52(41)51)54-56-53(34-25-26-40-38-18-6-11-23-48(38)61-50(40)31-34)57-55(58-54)60-45-21-9-3-15-35(45)36-16-4-10-22-46(36)60/h1-31H. The van der Waals surface area contributed by atoms with Gasteiger partial charge in [-0.25, -0.2) is 4.98 Å². The molecule has 0 saturated heterocycles. The van der Waals surface area contributed by atoms with Crippen LogP contribution in [0.15, 0.2) is 197 Å². The number of aromatic nitrogens is 5. The molecule has 0 aliphatic heterocycles. The number of nitrogens with zero attached hydrogens (tertiary/aromatic N) is 5. The first-order chi connectivity index (χ1) is 30.7. The highest BCUT2D eigenvalue weighted by Crippen LogP contribution is 2.44. The lowest BCUT2D eigenvalue weighted by molar-refractivity contribution is 0.666. The van der Waals surface area contributed by atoms with E-state index in [0.29, 0.717) is 17.6 Å². The number of para-hydroxylation sites is 5. The molecular weight excluding hydrogens is 763 g/mol. The van der Waals surface area contributed by atoms with Gasteiger partial charge in [0.1, 0.15) is 22.4 Å². The van der Waals surface area contributed by atoms with Gasteiger partial charge < -0.3 is 13.4 Å². The third-order valence-corrected chi connectivity index (χ3v) is 12.6. The van der Waals surface area contributed by atoms with Crippen molar-refractivity contribution in [2.45, 2.75) is 0 Å². The Kier molecular flexibility index (Phi) is 6.71. The highest BCUT2D eigenvalue weighted by molar-refractivity contribution is 6.17. The minimum absolute atomic E-state index is 0.510. The van der Waals surface area contributed by atoms with Crippen molar-refractivity contribution in [3.05, 3.63) is 188 Å². The molecule has 0 aliphatic rings. The summed E-state index contributed by atoms with van der Waals surface area (Å²) in [5, 5.41) is 11.0. The van der Waals surface area contributed by atoms with Crippen molar-refractivity contribution in [1.29, 1.82) is 0 Å². The first-order valence-electron chi connectivity index (χ1n) is 20.8. The summed E-state index contributed by atoms with van der Waals surface area (Å²) in [6, 6.07) is 65.5. The summed E-state index contributed by atoms with van der Waals surface area (Å²) in [6.45, 7) is 0. The normalized spacial score (nSPS) is 12.2. The Morgan fingerprint density at radius 2 is 0.871 bits per heavy atom. The van der Waals surface area contributed by atoms with Crippen molar-refractivity contribution in [2.24, 2.45) is 0 Å². The monoisotopic (exact) mass is 793 g/mol. The molecule has 0 saturated carbocycles. The van der Waals surface area contributed by atoms with Gasteiger partial charge in [0.2, 0.25) is 5.95 Å². The second kappa shape index (κ2) is 12.5. The smallest absolute Gasteiger partial charge is 0.238 e. The van der Waals surface area contributed by atoms with Crippen molar-refractivity contribution in [1.82, 2.24) is 24.1 Å². The fourth-order valence-corrected chi connectivity index (χ4v) is 9.79. The topological polar surface area (TPSA) is 74.8 Å². The van der Waals surface area contributed by atoms with Gasteiger partial charge >= 0.3 is 0 Å². The van der Waals surface area contributed by atoms with Gasteiger partial charge in [-0.05, 0) is 77.5 Å². The summed E-state index contributed by atoms with van der Waals surface area (Å²) >= 11 is 0. The molecule has 14 rings (SSSR count). The van der Waals surface area contributed by atoms with Gasteiger partial charge in [0.15, 0.2) is 17.2 Å². The van der Waals surface area contributed by atoms with Gasteiger partial charge in [-0.1, -0.05) is 121 Å². The van der Waals surface area contributed by atoms with Gasteiger partial charge in [-0.3, -0.25) is 4.57 Å². The van der Waals surface area contributed by atoms with Crippen LogP contribution >= 0.6 is 0 Å². The van der Waals surface area contributed by atoms with Crippen LogP contribution in [0.4, 0.5) is 0 Å². The quantitative estimate of drug-likeness (QED) is 0.177. The summed E-state index contributed by atoms with van der Waals surface area (Å²) in [5.74, 6) is 1.55. The minimum Gasteiger partial charge on any atom is -0.456 e. The number of hydrogen-bond donors (Lipinski definition) is 0. The van der Waals surface area contributed by atoms with E-state index in [1.165, 1.54) is 5.39 Å². The van der Waals surface area contributed by atoms with Crippen LogP contribution in [0.25, 0.3) is 133 Å². The molecule has 0 atom stereocenters. The van der Waals surface area contributed by atoms with Crippen LogP contribution in [0.1, 0.15) is 0 Å². The molecule has 0 fully saturated rings. The van der Waals surface area contributed by atoms with Crippen LogP contribution in [0, 0.1) is 0 Å². The number of rotatable bonds is 4. The maximum atomic E-state index is 6.95. The Balaban J connectivity index is 1.12. The van der Waals surface area contributed by atoms with E-state index in [1.54, 1.807) is 0 Å². The molecule has 7 heteroatoms. The van der Waals surface area contributed by atoms with Gasteiger partial charge in [-0.15, -0.1) is 0 Å². The highest BCUT2D eigenvalue weighted by Gasteiger charge is 2.26. The molecule has 0 bridgehead atoms. The van der Waals surface area contributed by atoms with Crippen LogP contribution < -0.4 is 0 Å². The lowest BCUT2D eigenvalue weighted by atomic mass is 10.1. The van der Waals surface area contributed by atoms with E-state index < -0.39 is 0 Å². The third kappa shape index (κ3) is 4.67. The SMILES string of the molecule is c1ccc2cc3c(cc2c1)c1ccccc1n3-c1c(-c2nc(-c3ccc4c(c3)oc3ccccc34)nc(-n3c4ccccc4c4ccccc43)n2)ccc2c1oc1ccccc12. The van der Waals surface area contributed by atoms with Gasteiger partial charge in [-0.2, -0.15) is 9.97 Å². The zero-order chi connectivity index (χ0) is 40.5. The molecule has 0 radical (unpaired) electrons. The Bertz CT molecular complexity index is 4130. The molecule has 0 unspecified atom stereocenters. The second-order valence-corrected chi connectivity index (χ2v) is 16.0. The minimum atomic E-state index is 0.510. The predicted molar refractivity (Wildman–Crippen MR) is 251 cm³/mol.